The summed E-state index contributed by atoms with van der Waals surface area (Å²) in [6, 6.07) is 7.66. The van der Waals surface area contributed by atoms with Gasteiger partial charge in [0.25, 0.3) is 0 Å². The van der Waals surface area contributed by atoms with E-state index in [4.69, 9.17) is 11.6 Å². The van der Waals surface area contributed by atoms with Gasteiger partial charge < -0.3 is 5.32 Å². The predicted octanol–water partition coefficient (Wildman–Crippen LogP) is 2.41. The fraction of sp³-hybridized carbons (Fsp3) is 0.364. The maximum atomic E-state index is 10.3. The van der Waals surface area contributed by atoms with Gasteiger partial charge in [0.15, 0.2) is 0 Å². The molecule has 2 nitrogen and oxygen atoms in total. The smallest absolute Gasteiger partial charge is 0.207 e. The molecule has 76 valence electrons. The number of amides is 1. The fourth-order valence-corrected chi connectivity index (χ4v) is 1.58. The van der Waals surface area contributed by atoms with Crippen LogP contribution in [0.5, 0.6) is 0 Å². The zero-order chi connectivity index (χ0) is 10.6. The van der Waals surface area contributed by atoms with Crippen molar-refractivity contribution < 1.29 is 4.79 Å². The Morgan fingerprint density at radius 2 is 2.21 bits per heavy atom. The fourth-order valence-electron chi connectivity index (χ4n) is 1.37. The summed E-state index contributed by atoms with van der Waals surface area (Å²) in [7, 11) is 0. The average molecular weight is 212 g/mol. The molecule has 0 bridgehead atoms. The second-order valence-corrected chi connectivity index (χ2v) is 4.39. The number of halogens is 1. The number of benzene rings is 1. The molecule has 0 fully saturated rings. The van der Waals surface area contributed by atoms with Gasteiger partial charge in [-0.3, -0.25) is 4.79 Å². The summed E-state index contributed by atoms with van der Waals surface area (Å²) in [4.78, 5) is 10.3. The van der Waals surface area contributed by atoms with Gasteiger partial charge in [0.2, 0.25) is 6.41 Å². The van der Waals surface area contributed by atoms with Crippen LogP contribution in [0.1, 0.15) is 19.4 Å². The highest BCUT2D eigenvalue weighted by molar-refractivity contribution is 6.30. The van der Waals surface area contributed by atoms with E-state index in [0.29, 0.717) is 0 Å². The highest BCUT2D eigenvalue weighted by Gasteiger charge is 2.16. The monoisotopic (exact) mass is 211 g/mol. The zero-order valence-corrected chi connectivity index (χ0v) is 9.14. The lowest BCUT2D eigenvalue weighted by Gasteiger charge is -2.23. The van der Waals surface area contributed by atoms with E-state index in [1.54, 1.807) is 0 Å². The zero-order valence-electron chi connectivity index (χ0n) is 8.38. The summed E-state index contributed by atoms with van der Waals surface area (Å²) < 4.78 is 0. The van der Waals surface area contributed by atoms with Gasteiger partial charge in [-0.25, -0.2) is 0 Å². The Labute approximate surface area is 89.3 Å². The van der Waals surface area contributed by atoms with Gasteiger partial charge in [-0.05, 0) is 38.0 Å². The minimum atomic E-state index is -0.230. The maximum Gasteiger partial charge on any atom is 0.207 e. The molecule has 0 spiro atoms. The molecule has 0 atom stereocenters. The van der Waals surface area contributed by atoms with Gasteiger partial charge in [0, 0.05) is 10.6 Å². The molecule has 1 N–H and O–H groups in total. The van der Waals surface area contributed by atoms with Crippen molar-refractivity contribution in [2.45, 2.75) is 25.8 Å². The molecule has 0 aromatic heterocycles. The van der Waals surface area contributed by atoms with Crippen molar-refractivity contribution in [1.29, 1.82) is 0 Å². The number of rotatable bonds is 4. The standard InChI is InChI=1S/C11H14ClNO/c1-11(2,13-8-14)7-9-4-3-5-10(12)6-9/h3-6,8H,7H2,1-2H3,(H,13,14). The van der Waals surface area contributed by atoms with Gasteiger partial charge in [0.1, 0.15) is 0 Å². The van der Waals surface area contributed by atoms with Crippen LogP contribution in [-0.2, 0) is 11.2 Å². The first-order chi connectivity index (χ1) is 6.53. The Morgan fingerprint density at radius 1 is 1.50 bits per heavy atom. The molecular weight excluding hydrogens is 198 g/mol. The van der Waals surface area contributed by atoms with Crippen molar-refractivity contribution in [3.8, 4) is 0 Å². The molecule has 0 unspecified atom stereocenters. The Bertz CT molecular complexity index is 323. The van der Waals surface area contributed by atoms with Gasteiger partial charge in [-0.15, -0.1) is 0 Å². The van der Waals surface area contributed by atoms with Crippen LogP contribution in [0.15, 0.2) is 24.3 Å². The second kappa shape index (κ2) is 4.47. The van der Waals surface area contributed by atoms with Gasteiger partial charge in [-0.2, -0.15) is 0 Å². The van der Waals surface area contributed by atoms with Crippen LogP contribution >= 0.6 is 11.6 Å². The van der Waals surface area contributed by atoms with E-state index < -0.39 is 0 Å². The number of nitrogens with one attached hydrogen (secondary N) is 1. The predicted molar refractivity (Wildman–Crippen MR) is 58.4 cm³/mol. The lowest BCUT2D eigenvalue weighted by Crippen LogP contribution is -2.40. The second-order valence-electron chi connectivity index (χ2n) is 3.95. The summed E-state index contributed by atoms with van der Waals surface area (Å²) in [5.41, 5.74) is 0.892. The normalized spacial score (nSPS) is 11.1. The van der Waals surface area contributed by atoms with Crippen LogP contribution in [0.4, 0.5) is 0 Å². The molecule has 1 rings (SSSR count). The first kappa shape index (κ1) is 11.1. The molecule has 0 aliphatic carbocycles. The highest BCUT2D eigenvalue weighted by atomic mass is 35.5. The molecule has 14 heavy (non-hydrogen) atoms. The molecule has 3 heteroatoms. The SMILES string of the molecule is CC(C)(Cc1cccc(Cl)c1)NC=O. The summed E-state index contributed by atoms with van der Waals surface area (Å²) in [5, 5.41) is 3.49. The quantitative estimate of drug-likeness (QED) is 0.762. The Balaban J connectivity index is 2.72. The topological polar surface area (TPSA) is 29.1 Å². The van der Waals surface area contributed by atoms with E-state index in [0.717, 1.165) is 23.4 Å². The lowest BCUT2D eigenvalue weighted by molar-refractivity contribution is -0.110. The molecule has 0 aliphatic heterocycles. The summed E-state index contributed by atoms with van der Waals surface area (Å²) in [6.45, 7) is 3.95. The van der Waals surface area contributed by atoms with Gasteiger partial charge in [0.05, 0.1) is 0 Å². The summed E-state index contributed by atoms with van der Waals surface area (Å²) in [6.07, 6.45) is 1.50. The van der Waals surface area contributed by atoms with Crippen LogP contribution in [-0.4, -0.2) is 11.9 Å². The molecule has 0 heterocycles. The van der Waals surface area contributed by atoms with Gasteiger partial charge in [-0.1, -0.05) is 23.7 Å². The van der Waals surface area contributed by atoms with Crippen LogP contribution in [0.25, 0.3) is 0 Å². The molecular formula is C11H14ClNO. The van der Waals surface area contributed by atoms with Crippen molar-refractivity contribution in [2.24, 2.45) is 0 Å². The minimum Gasteiger partial charge on any atom is -0.353 e. The van der Waals surface area contributed by atoms with E-state index in [1.807, 2.05) is 38.1 Å². The number of carbonyl (C=O) groups excluding carboxylic acids is 1. The maximum absolute atomic E-state index is 10.3. The Morgan fingerprint density at radius 3 is 2.79 bits per heavy atom. The van der Waals surface area contributed by atoms with E-state index in [9.17, 15) is 4.79 Å². The van der Waals surface area contributed by atoms with Crippen molar-refractivity contribution in [2.75, 3.05) is 0 Å². The molecule has 1 aromatic carbocycles. The number of hydrogen-bond donors (Lipinski definition) is 1. The van der Waals surface area contributed by atoms with E-state index in [-0.39, 0.29) is 5.54 Å². The third-order valence-electron chi connectivity index (χ3n) is 1.98. The molecule has 1 aromatic rings. The van der Waals surface area contributed by atoms with Crippen molar-refractivity contribution in [1.82, 2.24) is 5.32 Å². The van der Waals surface area contributed by atoms with Crippen LogP contribution in [0.3, 0.4) is 0 Å². The first-order valence-electron chi connectivity index (χ1n) is 4.49. The highest BCUT2D eigenvalue weighted by Crippen LogP contribution is 2.16. The van der Waals surface area contributed by atoms with E-state index >= 15 is 0 Å². The van der Waals surface area contributed by atoms with Gasteiger partial charge >= 0.3 is 0 Å². The molecule has 0 saturated heterocycles. The van der Waals surface area contributed by atoms with Crippen molar-refractivity contribution in [3.63, 3.8) is 0 Å². The number of carbonyl (C=O) groups is 1. The Kier molecular flexibility index (Phi) is 3.53. The van der Waals surface area contributed by atoms with Crippen LogP contribution in [0.2, 0.25) is 5.02 Å². The average Bonchev–Trinajstić information content (AvgIpc) is 2.02. The molecule has 1 amide bonds. The summed E-state index contributed by atoms with van der Waals surface area (Å²) in [5.74, 6) is 0. The third kappa shape index (κ3) is 3.38. The summed E-state index contributed by atoms with van der Waals surface area (Å²) >= 11 is 5.86. The minimum absolute atomic E-state index is 0.230. The largest absolute Gasteiger partial charge is 0.353 e. The molecule has 0 aliphatic rings. The van der Waals surface area contributed by atoms with E-state index in [2.05, 4.69) is 5.32 Å². The van der Waals surface area contributed by atoms with Crippen LogP contribution < -0.4 is 5.32 Å². The van der Waals surface area contributed by atoms with Crippen molar-refractivity contribution in [3.05, 3.63) is 34.9 Å². The molecule has 0 radical (unpaired) electrons. The van der Waals surface area contributed by atoms with Crippen LogP contribution in [0, 0.1) is 0 Å². The Hall–Kier alpha value is -1.02. The first-order valence-corrected chi connectivity index (χ1v) is 4.87. The van der Waals surface area contributed by atoms with Crippen molar-refractivity contribution >= 4 is 18.0 Å². The third-order valence-corrected chi connectivity index (χ3v) is 2.22. The lowest BCUT2D eigenvalue weighted by atomic mass is 9.95. The molecule has 0 saturated carbocycles. The van der Waals surface area contributed by atoms with E-state index in [1.165, 1.54) is 0 Å². The number of hydrogen-bond acceptors (Lipinski definition) is 1.